The minimum Gasteiger partial charge on any atom is -0.334 e. The molecule has 0 radical (unpaired) electrons. The van der Waals surface area contributed by atoms with Crippen LogP contribution in [0.3, 0.4) is 0 Å². The summed E-state index contributed by atoms with van der Waals surface area (Å²) in [6, 6.07) is 6.35. The zero-order valence-electron chi connectivity index (χ0n) is 11.0. The summed E-state index contributed by atoms with van der Waals surface area (Å²) in [6.07, 6.45) is 4.32. The van der Waals surface area contributed by atoms with E-state index in [9.17, 15) is 14.4 Å². The molecule has 0 saturated heterocycles. The average Bonchev–Trinajstić information content (AvgIpc) is 2.42. The van der Waals surface area contributed by atoms with Crippen LogP contribution in [0.25, 0.3) is 0 Å². The van der Waals surface area contributed by atoms with Crippen LogP contribution >= 0.6 is 0 Å². The zero-order chi connectivity index (χ0) is 13.9. The van der Waals surface area contributed by atoms with Crippen molar-refractivity contribution >= 4 is 5.91 Å². The number of hydrogen-bond donors (Lipinski definition) is 1. The standard InChI is InChI=1S/C15H17FN2O/c1-11-5-6-12(16)9-13(11)14(19)18-15(10-17)7-3-2-4-8-15/h5-6,9H,2-4,7-8H2,1H3,(H,18,19). The molecule has 1 aliphatic rings. The first-order chi connectivity index (χ1) is 9.06. The van der Waals surface area contributed by atoms with Crippen LogP contribution in [0.5, 0.6) is 0 Å². The van der Waals surface area contributed by atoms with E-state index in [-0.39, 0.29) is 5.91 Å². The molecule has 0 bridgehead atoms. The van der Waals surface area contributed by atoms with Crippen molar-refractivity contribution in [2.45, 2.75) is 44.6 Å². The van der Waals surface area contributed by atoms with Crippen molar-refractivity contribution in [3.8, 4) is 6.07 Å². The molecule has 1 aliphatic carbocycles. The Morgan fingerprint density at radius 2 is 2.05 bits per heavy atom. The second kappa shape index (κ2) is 5.40. The van der Waals surface area contributed by atoms with E-state index in [1.807, 2.05) is 0 Å². The quantitative estimate of drug-likeness (QED) is 0.888. The van der Waals surface area contributed by atoms with Gasteiger partial charge in [-0.1, -0.05) is 25.3 Å². The van der Waals surface area contributed by atoms with Crippen LogP contribution in [0.4, 0.5) is 4.39 Å². The summed E-state index contributed by atoms with van der Waals surface area (Å²) in [5.41, 5.74) is 0.233. The van der Waals surface area contributed by atoms with Gasteiger partial charge in [-0.2, -0.15) is 5.26 Å². The van der Waals surface area contributed by atoms with E-state index in [0.717, 1.165) is 19.3 Å². The predicted octanol–water partition coefficient (Wildman–Crippen LogP) is 3.09. The van der Waals surface area contributed by atoms with E-state index < -0.39 is 11.4 Å². The van der Waals surface area contributed by atoms with Gasteiger partial charge in [0.15, 0.2) is 0 Å². The number of halogens is 1. The average molecular weight is 260 g/mol. The number of carbonyl (C=O) groups is 1. The van der Waals surface area contributed by atoms with Gasteiger partial charge in [-0.3, -0.25) is 4.79 Å². The number of nitrogens with one attached hydrogen (secondary N) is 1. The van der Waals surface area contributed by atoms with E-state index >= 15 is 0 Å². The molecular weight excluding hydrogens is 243 g/mol. The highest BCUT2D eigenvalue weighted by Crippen LogP contribution is 2.28. The molecule has 1 aromatic rings. The van der Waals surface area contributed by atoms with Crippen molar-refractivity contribution in [1.82, 2.24) is 5.32 Å². The van der Waals surface area contributed by atoms with Gasteiger partial charge < -0.3 is 5.32 Å². The molecule has 1 saturated carbocycles. The Balaban J connectivity index is 2.20. The molecule has 0 atom stereocenters. The second-order valence-corrected chi connectivity index (χ2v) is 5.17. The molecule has 4 heteroatoms. The molecule has 1 aromatic carbocycles. The molecule has 0 spiro atoms. The molecule has 0 unspecified atom stereocenters. The second-order valence-electron chi connectivity index (χ2n) is 5.17. The summed E-state index contributed by atoms with van der Waals surface area (Å²) in [5.74, 6) is -0.800. The van der Waals surface area contributed by atoms with Crippen LogP contribution in [-0.4, -0.2) is 11.4 Å². The lowest BCUT2D eigenvalue weighted by Gasteiger charge is -2.31. The Bertz CT molecular complexity index is 527. The first-order valence-electron chi connectivity index (χ1n) is 6.56. The summed E-state index contributed by atoms with van der Waals surface area (Å²) in [7, 11) is 0. The third kappa shape index (κ3) is 2.93. The van der Waals surface area contributed by atoms with Gasteiger partial charge in [-0.25, -0.2) is 4.39 Å². The lowest BCUT2D eigenvalue weighted by atomic mass is 9.82. The fraction of sp³-hybridized carbons (Fsp3) is 0.467. The highest BCUT2D eigenvalue weighted by atomic mass is 19.1. The fourth-order valence-corrected chi connectivity index (χ4v) is 2.54. The number of aryl methyl sites for hydroxylation is 1. The topological polar surface area (TPSA) is 52.9 Å². The molecule has 19 heavy (non-hydrogen) atoms. The molecule has 1 N–H and O–H groups in total. The minimum atomic E-state index is -0.784. The van der Waals surface area contributed by atoms with Crippen LogP contribution in [0, 0.1) is 24.1 Å². The van der Waals surface area contributed by atoms with Gasteiger partial charge in [0.1, 0.15) is 11.4 Å². The molecule has 0 heterocycles. The van der Waals surface area contributed by atoms with Gasteiger partial charge >= 0.3 is 0 Å². The fourth-order valence-electron chi connectivity index (χ4n) is 2.54. The summed E-state index contributed by atoms with van der Waals surface area (Å²) in [5, 5.41) is 12.1. The first-order valence-corrected chi connectivity index (χ1v) is 6.56. The normalized spacial score (nSPS) is 17.5. The highest BCUT2D eigenvalue weighted by Gasteiger charge is 2.34. The Hall–Kier alpha value is -1.89. The van der Waals surface area contributed by atoms with Crippen LogP contribution in [0.15, 0.2) is 18.2 Å². The third-order valence-corrected chi connectivity index (χ3v) is 3.72. The molecule has 2 rings (SSSR count). The third-order valence-electron chi connectivity index (χ3n) is 3.72. The van der Waals surface area contributed by atoms with Gasteiger partial charge in [-0.05, 0) is 37.5 Å². The van der Waals surface area contributed by atoms with Gasteiger partial charge in [0.05, 0.1) is 6.07 Å². The number of benzene rings is 1. The molecule has 1 amide bonds. The molecule has 3 nitrogen and oxygen atoms in total. The maximum Gasteiger partial charge on any atom is 0.252 e. The maximum absolute atomic E-state index is 13.2. The van der Waals surface area contributed by atoms with Crippen molar-refractivity contribution in [3.63, 3.8) is 0 Å². The van der Waals surface area contributed by atoms with E-state index in [2.05, 4.69) is 11.4 Å². The minimum absolute atomic E-state index is 0.306. The number of nitriles is 1. The molecule has 0 aliphatic heterocycles. The Labute approximate surface area is 112 Å². The summed E-state index contributed by atoms with van der Waals surface area (Å²) < 4.78 is 13.2. The number of amides is 1. The first kappa shape index (κ1) is 13.5. The van der Waals surface area contributed by atoms with Gasteiger partial charge in [0, 0.05) is 5.56 Å². The van der Waals surface area contributed by atoms with Crippen molar-refractivity contribution in [3.05, 3.63) is 35.1 Å². The van der Waals surface area contributed by atoms with Crippen LogP contribution < -0.4 is 5.32 Å². The summed E-state index contributed by atoms with van der Waals surface area (Å²) in [4.78, 5) is 12.2. The van der Waals surface area contributed by atoms with Crippen LogP contribution in [0.2, 0.25) is 0 Å². The van der Waals surface area contributed by atoms with Crippen molar-refractivity contribution < 1.29 is 9.18 Å². The Kier molecular flexibility index (Phi) is 3.84. The van der Waals surface area contributed by atoms with E-state index in [1.165, 1.54) is 12.1 Å². The van der Waals surface area contributed by atoms with Crippen LogP contribution in [0.1, 0.15) is 48.0 Å². The smallest absolute Gasteiger partial charge is 0.252 e. The van der Waals surface area contributed by atoms with Crippen LogP contribution in [-0.2, 0) is 0 Å². The van der Waals surface area contributed by atoms with E-state index in [0.29, 0.717) is 24.0 Å². The SMILES string of the molecule is Cc1ccc(F)cc1C(=O)NC1(C#N)CCCCC1. The van der Waals surface area contributed by atoms with Gasteiger partial charge in [0.2, 0.25) is 0 Å². The van der Waals surface area contributed by atoms with Crippen molar-refractivity contribution in [2.24, 2.45) is 0 Å². The molecule has 0 aromatic heterocycles. The molecular formula is C15H17FN2O. The van der Waals surface area contributed by atoms with Crippen molar-refractivity contribution in [2.75, 3.05) is 0 Å². The Morgan fingerprint density at radius 3 is 2.68 bits per heavy atom. The summed E-state index contributed by atoms with van der Waals surface area (Å²) in [6.45, 7) is 1.76. The number of carbonyl (C=O) groups excluding carboxylic acids is 1. The zero-order valence-corrected chi connectivity index (χ0v) is 11.0. The highest BCUT2D eigenvalue weighted by molar-refractivity contribution is 5.96. The molecule has 100 valence electrons. The van der Waals surface area contributed by atoms with Crippen molar-refractivity contribution in [1.29, 1.82) is 5.26 Å². The van der Waals surface area contributed by atoms with E-state index in [1.54, 1.807) is 13.0 Å². The van der Waals surface area contributed by atoms with Gasteiger partial charge in [0.25, 0.3) is 5.91 Å². The van der Waals surface area contributed by atoms with E-state index in [4.69, 9.17) is 0 Å². The lowest BCUT2D eigenvalue weighted by molar-refractivity contribution is 0.0901. The number of rotatable bonds is 2. The number of nitrogens with zero attached hydrogens (tertiary/aromatic N) is 1. The maximum atomic E-state index is 13.2. The number of hydrogen-bond acceptors (Lipinski definition) is 2. The lowest BCUT2D eigenvalue weighted by Crippen LogP contribution is -2.48. The largest absolute Gasteiger partial charge is 0.334 e. The summed E-state index contributed by atoms with van der Waals surface area (Å²) >= 11 is 0. The Morgan fingerprint density at radius 1 is 1.37 bits per heavy atom. The predicted molar refractivity (Wildman–Crippen MR) is 70.0 cm³/mol. The molecule has 1 fully saturated rings. The monoisotopic (exact) mass is 260 g/mol. The van der Waals surface area contributed by atoms with Gasteiger partial charge in [-0.15, -0.1) is 0 Å².